The van der Waals surface area contributed by atoms with E-state index in [9.17, 15) is 0 Å². The van der Waals surface area contributed by atoms with Crippen LogP contribution >= 0.6 is 11.8 Å². The van der Waals surface area contributed by atoms with E-state index < -0.39 is 0 Å². The minimum atomic E-state index is 1.15. The van der Waals surface area contributed by atoms with E-state index in [4.69, 9.17) is 0 Å². The van der Waals surface area contributed by atoms with Crippen LogP contribution in [-0.2, 0) is 0 Å². The number of hydrogen-bond acceptors (Lipinski definition) is 1. The topological polar surface area (TPSA) is 0 Å². The Hall–Kier alpha value is 0.310. The SMILES string of the molecule is CC[N+](C)(C)CCSC. The molecule has 9 heavy (non-hydrogen) atoms. The molecule has 56 valence electrons. The Balaban J connectivity index is 3.33. The van der Waals surface area contributed by atoms with E-state index in [1.807, 2.05) is 11.8 Å². The molecular weight excluding hydrogens is 130 g/mol. The number of rotatable bonds is 4. The zero-order valence-electron chi connectivity index (χ0n) is 6.98. The summed E-state index contributed by atoms with van der Waals surface area (Å²) in [6.45, 7) is 4.76. The maximum absolute atomic E-state index is 2.27. The van der Waals surface area contributed by atoms with Gasteiger partial charge in [-0.25, -0.2) is 0 Å². The molecule has 0 aliphatic rings. The van der Waals surface area contributed by atoms with Gasteiger partial charge in [0.1, 0.15) is 0 Å². The number of quaternary nitrogens is 1. The maximum atomic E-state index is 2.27. The lowest BCUT2D eigenvalue weighted by Gasteiger charge is -2.27. The van der Waals surface area contributed by atoms with Crippen molar-refractivity contribution in [3.8, 4) is 0 Å². The average molecular weight is 148 g/mol. The molecule has 0 unspecified atom stereocenters. The van der Waals surface area contributed by atoms with Gasteiger partial charge in [-0.05, 0) is 13.2 Å². The van der Waals surface area contributed by atoms with Gasteiger partial charge in [0.2, 0.25) is 0 Å². The lowest BCUT2D eigenvalue weighted by molar-refractivity contribution is -0.885. The van der Waals surface area contributed by atoms with Gasteiger partial charge in [-0.3, -0.25) is 0 Å². The summed E-state index contributed by atoms with van der Waals surface area (Å²) < 4.78 is 1.15. The van der Waals surface area contributed by atoms with Gasteiger partial charge < -0.3 is 4.48 Å². The predicted molar refractivity (Wildman–Crippen MR) is 45.9 cm³/mol. The predicted octanol–water partition coefficient (Wildman–Crippen LogP) is 1.45. The van der Waals surface area contributed by atoms with Crippen LogP contribution < -0.4 is 0 Å². The highest BCUT2D eigenvalue weighted by atomic mass is 32.2. The molecule has 0 radical (unpaired) electrons. The molecule has 0 saturated carbocycles. The zero-order valence-corrected chi connectivity index (χ0v) is 7.79. The monoisotopic (exact) mass is 148 g/mol. The van der Waals surface area contributed by atoms with Gasteiger partial charge in [0.15, 0.2) is 0 Å². The Morgan fingerprint density at radius 1 is 1.33 bits per heavy atom. The van der Waals surface area contributed by atoms with E-state index in [1.165, 1.54) is 18.8 Å². The first kappa shape index (κ1) is 9.31. The fourth-order valence-corrected chi connectivity index (χ4v) is 1.17. The van der Waals surface area contributed by atoms with Crippen molar-refractivity contribution in [1.29, 1.82) is 0 Å². The van der Waals surface area contributed by atoms with Crippen molar-refractivity contribution in [1.82, 2.24) is 0 Å². The molecule has 0 atom stereocenters. The van der Waals surface area contributed by atoms with Crippen molar-refractivity contribution in [3.63, 3.8) is 0 Å². The molecule has 1 nitrogen and oxygen atoms in total. The Labute approximate surface area is 63.0 Å². The molecule has 0 saturated heterocycles. The van der Waals surface area contributed by atoms with Crippen LogP contribution in [0.2, 0.25) is 0 Å². The first-order valence-corrected chi connectivity index (χ1v) is 4.82. The fourth-order valence-electron chi connectivity index (χ4n) is 0.497. The molecule has 0 bridgehead atoms. The van der Waals surface area contributed by atoms with Gasteiger partial charge in [0, 0.05) is 5.75 Å². The third-order valence-electron chi connectivity index (χ3n) is 1.76. The molecule has 0 aliphatic carbocycles. The number of nitrogens with zero attached hydrogens (tertiary/aromatic N) is 1. The quantitative estimate of drug-likeness (QED) is 0.544. The molecule has 0 aromatic rings. The summed E-state index contributed by atoms with van der Waals surface area (Å²) in [7, 11) is 4.55. The van der Waals surface area contributed by atoms with E-state index in [0.717, 1.165) is 4.48 Å². The van der Waals surface area contributed by atoms with Crippen molar-refractivity contribution in [2.45, 2.75) is 6.92 Å². The Morgan fingerprint density at radius 3 is 2.22 bits per heavy atom. The summed E-state index contributed by atoms with van der Waals surface area (Å²) in [5.41, 5.74) is 0. The molecule has 0 amide bonds. The standard InChI is InChI=1S/C7H18NS/c1-5-8(2,3)6-7-9-4/h5-7H2,1-4H3/q+1. The van der Waals surface area contributed by atoms with Gasteiger partial charge in [0.25, 0.3) is 0 Å². The first-order valence-electron chi connectivity index (χ1n) is 3.43. The average Bonchev–Trinajstić information content (AvgIpc) is 1.84. The fraction of sp³-hybridized carbons (Fsp3) is 1.00. The normalized spacial score (nSPS) is 12.0. The summed E-state index contributed by atoms with van der Waals surface area (Å²) in [6, 6.07) is 0. The third-order valence-corrected chi connectivity index (χ3v) is 2.35. The van der Waals surface area contributed by atoms with Crippen LogP contribution in [0.1, 0.15) is 6.92 Å². The molecule has 0 N–H and O–H groups in total. The molecule has 0 fully saturated rings. The van der Waals surface area contributed by atoms with Crippen LogP contribution in [-0.4, -0.2) is 43.7 Å². The minimum absolute atomic E-state index is 1.15. The smallest absolute Gasteiger partial charge is 0.0874 e. The van der Waals surface area contributed by atoms with Crippen molar-refractivity contribution in [2.75, 3.05) is 39.2 Å². The highest BCUT2D eigenvalue weighted by Crippen LogP contribution is 1.99. The Kier molecular flexibility index (Phi) is 4.32. The molecule has 0 aliphatic heterocycles. The van der Waals surface area contributed by atoms with Gasteiger partial charge in [0.05, 0.1) is 27.2 Å². The highest BCUT2D eigenvalue weighted by Gasteiger charge is 2.09. The number of thioether (sulfide) groups is 1. The van der Waals surface area contributed by atoms with Crippen LogP contribution in [0.3, 0.4) is 0 Å². The van der Waals surface area contributed by atoms with Gasteiger partial charge in [-0.1, -0.05) is 0 Å². The maximum Gasteiger partial charge on any atom is 0.0874 e. The second kappa shape index (κ2) is 4.18. The van der Waals surface area contributed by atoms with Gasteiger partial charge in [-0.15, -0.1) is 0 Å². The molecule has 0 heterocycles. The molecule has 0 rings (SSSR count). The zero-order chi connectivity index (χ0) is 7.33. The second-order valence-electron chi connectivity index (χ2n) is 2.97. The summed E-state index contributed by atoms with van der Waals surface area (Å²) in [4.78, 5) is 0. The second-order valence-corrected chi connectivity index (χ2v) is 3.95. The van der Waals surface area contributed by atoms with Gasteiger partial charge in [-0.2, -0.15) is 11.8 Å². The number of hydrogen-bond donors (Lipinski definition) is 0. The molecular formula is C7H18NS+. The first-order chi connectivity index (χ1) is 4.12. The summed E-state index contributed by atoms with van der Waals surface area (Å²) in [6.07, 6.45) is 2.16. The van der Waals surface area contributed by atoms with Gasteiger partial charge >= 0.3 is 0 Å². The lowest BCUT2D eigenvalue weighted by atomic mass is 10.5. The van der Waals surface area contributed by atoms with Crippen molar-refractivity contribution in [3.05, 3.63) is 0 Å². The summed E-state index contributed by atoms with van der Waals surface area (Å²) >= 11 is 1.93. The van der Waals surface area contributed by atoms with Crippen LogP contribution in [0.4, 0.5) is 0 Å². The van der Waals surface area contributed by atoms with Crippen LogP contribution in [0.15, 0.2) is 0 Å². The van der Waals surface area contributed by atoms with Crippen molar-refractivity contribution < 1.29 is 4.48 Å². The van der Waals surface area contributed by atoms with E-state index >= 15 is 0 Å². The van der Waals surface area contributed by atoms with Crippen LogP contribution in [0, 0.1) is 0 Å². The summed E-state index contributed by atoms with van der Waals surface area (Å²) in [5, 5.41) is 0. The van der Waals surface area contributed by atoms with E-state index in [0.29, 0.717) is 0 Å². The molecule has 2 heteroatoms. The van der Waals surface area contributed by atoms with Crippen molar-refractivity contribution in [2.24, 2.45) is 0 Å². The van der Waals surface area contributed by atoms with E-state index in [2.05, 4.69) is 27.3 Å². The Bertz CT molecular complexity index is 71.3. The Morgan fingerprint density at radius 2 is 1.89 bits per heavy atom. The molecule has 0 aromatic carbocycles. The largest absolute Gasteiger partial charge is 0.328 e. The third kappa shape index (κ3) is 4.79. The van der Waals surface area contributed by atoms with E-state index in [1.54, 1.807) is 0 Å². The van der Waals surface area contributed by atoms with E-state index in [-0.39, 0.29) is 0 Å². The lowest BCUT2D eigenvalue weighted by Crippen LogP contribution is -2.40. The van der Waals surface area contributed by atoms with Crippen LogP contribution in [0.5, 0.6) is 0 Å². The minimum Gasteiger partial charge on any atom is -0.328 e. The van der Waals surface area contributed by atoms with Crippen molar-refractivity contribution >= 4 is 11.8 Å². The molecule has 0 spiro atoms. The highest BCUT2D eigenvalue weighted by molar-refractivity contribution is 7.98. The molecule has 0 aromatic heterocycles. The summed E-state index contributed by atoms with van der Waals surface area (Å²) in [5.74, 6) is 1.28. The van der Waals surface area contributed by atoms with Crippen LogP contribution in [0.25, 0.3) is 0 Å².